The summed E-state index contributed by atoms with van der Waals surface area (Å²) in [5.41, 5.74) is 2.21. The van der Waals surface area contributed by atoms with E-state index in [0.29, 0.717) is 12.5 Å². The molecule has 5 nitrogen and oxygen atoms in total. The van der Waals surface area contributed by atoms with Gasteiger partial charge in [-0.3, -0.25) is 9.59 Å². The average Bonchev–Trinajstić information content (AvgIpc) is 2.69. The lowest BCUT2D eigenvalue weighted by Crippen LogP contribution is -2.43. The number of rotatable bonds is 13. The first kappa shape index (κ1) is 26.2. The van der Waals surface area contributed by atoms with E-state index in [1.165, 1.54) is 12.5 Å². The summed E-state index contributed by atoms with van der Waals surface area (Å²) in [5, 5.41) is 2.57. The van der Waals surface area contributed by atoms with Crippen LogP contribution in [0.3, 0.4) is 0 Å². The zero-order chi connectivity index (χ0) is 22.5. The molecule has 0 aliphatic heterocycles. The highest BCUT2D eigenvalue weighted by atomic mass is 32.2. The second-order valence-corrected chi connectivity index (χ2v) is 9.20. The van der Waals surface area contributed by atoms with Crippen molar-refractivity contribution in [2.45, 2.75) is 78.7 Å². The summed E-state index contributed by atoms with van der Waals surface area (Å²) in [6.45, 7) is 10.0. The standard InChI is InChI=1S/C24H37NO4S/c1-6-7-8-9-14-29-23(27)22(25-19(5)26)16-30-24(28)18(4)21-12-10-20(11-13-21)15-17(2)3/h10-13,17-18,22H,6-9,14-16H2,1-5H3,(H,25,26)/t18-,22-/m0/s1. The van der Waals surface area contributed by atoms with Crippen molar-refractivity contribution in [2.75, 3.05) is 12.4 Å². The van der Waals surface area contributed by atoms with Gasteiger partial charge in [0.2, 0.25) is 5.91 Å². The van der Waals surface area contributed by atoms with Crippen molar-refractivity contribution < 1.29 is 19.1 Å². The van der Waals surface area contributed by atoms with E-state index in [1.807, 2.05) is 19.1 Å². The molecule has 30 heavy (non-hydrogen) atoms. The zero-order valence-electron chi connectivity index (χ0n) is 19.0. The van der Waals surface area contributed by atoms with Gasteiger partial charge in [-0.05, 0) is 29.9 Å². The summed E-state index contributed by atoms with van der Waals surface area (Å²) in [6.07, 6.45) is 5.04. The average molecular weight is 436 g/mol. The second kappa shape index (κ2) is 14.2. The van der Waals surface area contributed by atoms with Crippen molar-refractivity contribution in [3.05, 3.63) is 35.4 Å². The highest BCUT2D eigenvalue weighted by Crippen LogP contribution is 2.24. The fraction of sp³-hybridized carbons (Fsp3) is 0.625. The van der Waals surface area contributed by atoms with E-state index in [2.05, 4.69) is 38.2 Å². The molecule has 0 saturated heterocycles. The fourth-order valence-electron chi connectivity index (χ4n) is 3.06. The number of esters is 1. The van der Waals surface area contributed by atoms with E-state index in [4.69, 9.17) is 4.74 Å². The number of ether oxygens (including phenoxy) is 1. The molecule has 0 aliphatic carbocycles. The van der Waals surface area contributed by atoms with Crippen LogP contribution in [0.25, 0.3) is 0 Å². The first-order chi connectivity index (χ1) is 14.2. The molecule has 2 atom stereocenters. The SMILES string of the molecule is CCCCCCOC(=O)[C@H](CSC(=O)[C@@H](C)c1ccc(CC(C)C)cc1)NC(C)=O. The molecule has 0 fully saturated rings. The molecule has 0 aliphatic rings. The van der Waals surface area contributed by atoms with Gasteiger partial charge in [0.15, 0.2) is 5.12 Å². The summed E-state index contributed by atoms with van der Waals surface area (Å²) in [4.78, 5) is 36.4. The van der Waals surface area contributed by atoms with Crippen LogP contribution in [-0.2, 0) is 25.5 Å². The van der Waals surface area contributed by atoms with Crippen molar-refractivity contribution >= 4 is 28.8 Å². The monoisotopic (exact) mass is 435 g/mol. The highest BCUT2D eigenvalue weighted by Gasteiger charge is 2.24. The van der Waals surface area contributed by atoms with Gasteiger partial charge in [0.05, 0.1) is 12.5 Å². The number of amides is 1. The number of benzene rings is 1. The molecule has 1 aromatic rings. The lowest BCUT2D eigenvalue weighted by molar-refractivity contribution is -0.147. The van der Waals surface area contributed by atoms with Crippen LogP contribution in [0, 0.1) is 5.92 Å². The van der Waals surface area contributed by atoms with Gasteiger partial charge >= 0.3 is 5.97 Å². The van der Waals surface area contributed by atoms with Crippen molar-refractivity contribution in [1.29, 1.82) is 0 Å². The Morgan fingerprint density at radius 3 is 2.27 bits per heavy atom. The number of unbranched alkanes of at least 4 members (excludes halogenated alkanes) is 3. The Morgan fingerprint density at radius 2 is 1.70 bits per heavy atom. The predicted octanol–water partition coefficient (Wildman–Crippen LogP) is 4.88. The minimum Gasteiger partial charge on any atom is -0.464 e. The van der Waals surface area contributed by atoms with Gasteiger partial charge in [0, 0.05) is 12.7 Å². The Morgan fingerprint density at radius 1 is 1.03 bits per heavy atom. The topological polar surface area (TPSA) is 72.5 Å². The zero-order valence-corrected chi connectivity index (χ0v) is 19.8. The van der Waals surface area contributed by atoms with Gasteiger partial charge in [-0.15, -0.1) is 0 Å². The second-order valence-electron chi connectivity index (χ2n) is 8.17. The molecule has 1 aromatic carbocycles. The smallest absolute Gasteiger partial charge is 0.329 e. The molecule has 0 bridgehead atoms. The van der Waals surface area contributed by atoms with E-state index in [0.717, 1.165) is 49.4 Å². The van der Waals surface area contributed by atoms with E-state index in [-0.39, 0.29) is 22.7 Å². The molecular weight excluding hydrogens is 398 g/mol. The maximum absolute atomic E-state index is 12.6. The number of carbonyl (C=O) groups is 3. The summed E-state index contributed by atoms with van der Waals surface area (Å²) in [7, 11) is 0. The van der Waals surface area contributed by atoms with Crippen molar-refractivity contribution in [2.24, 2.45) is 5.92 Å². The largest absolute Gasteiger partial charge is 0.464 e. The predicted molar refractivity (Wildman–Crippen MR) is 124 cm³/mol. The Hall–Kier alpha value is -1.82. The summed E-state index contributed by atoms with van der Waals surface area (Å²) in [5.74, 6) is -0.326. The maximum atomic E-state index is 12.6. The van der Waals surface area contributed by atoms with Gasteiger partial charge in [0.1, 0.15) is 6.04 Å². The van der Waals surface area contributed by atoms with Crippen LogP contribution in [-0.4, -0.2) is 35.4 Å². The van der Waals surface area contributed by atoms with Crippen LogP contribution in [0.15, 0.2) is 24.3 Å². The minimum absolute atomic E-state index is 0.0299. The van der Waals surface area contributed by atoms with Gasteiger partial charge in [-0.25, -0.2) is 4.79 Å². The first-order valence-corrected chi connectivity index (χ1v) is 11.9. The molecule has 1 amide bonds. The summed E-state index contributed by atoms with van der Waals surface area (Å²) in [6, 6.07) is 7.32. The third-order valence-electron chi connectivity index (χ3n) is 4.77. The Balaban J connectivity index is 2.58. The molecule has 1 rings (SSSR count). The van der Waals surface area contributed by atoms with E-state index < -0.39 is 12.0 Å². The van der Waals surface area contributed by atoms with E-state index >= 15 is 0 Å². The first-order valence-electron chi connectivity index (χ1n) is 10.9. The van der Waals surface area contributed by atoms with Gasteiger partial charge in [0.25, 0.3) is 0 Å². The third-order valence-corrected chi connectivity index (χ3v) is 5.91. The molecule has 0 saturated carbocycles. The van der Waals surface area contributed by atoms with Crippen LogP contribution >= 0.6 is 11.8 Å². The van der Waals surface area contributed by atoms with Crippen molar-refractivity contribution in [3.8, 4) is 0 Å². The number of carbonyl (C=O) groups excluding carboxylic acids is 3. The molecule has 168 valence electrons. The lowest BCUT2D eigenvalue weighted by Gasteiger charge is -2.17. The molecular formula is C24H37NO4S. The van der Waals surface area contributed by atoms with Crippen molar-refractivity contribution in [1.82, 2.24) is 5.32 Å². The van der Waals surface area contributed by atoms with Crippen molar-refractivity contribution in [3.63, 3.8) is 0 Å². The normalized spacial score (nSPS) is 13.0. The quantitative estimate of drug-likeness (QED) is 0.353. The maximum Gasteiger partial charge on any atom is 0.329 e. The van der Waals surface area contributed by atoms with Gasteiger partial charge < -0.3 is 10.1 Å². The van der Waals surface area contributed by atoms with Crippen LogP contribution in [0.5, 0.6) is 0 Å². The van der Waals surface area contributed by atoms with Gasteiger partial charge in [-0.2, -0.15) is 0 Å². The molecule has 6 heteroatoms. The number of nitrogens with one attached hydrogen (secondary N) is 1. The molecule has 0 radical (unpaired) electrons. The lowest BCUT2D eigenvalue weighted by atomic mass is 9.97. The molecule has 0 aromatic heterocycles. The summed E-state index contributed by atoms with van der Waals surface area (Å²) >= 11 is 1.07. The molecule has 0 heterocycles. The summed E-state index contributed by atoms with van der Waals surface area (Å²) < 4.78 is 5.30. The molecule has 0 unspecified atom stereocenters. The number of thioether (sulfide) groups is 1. The number of hydrogen-bond donors (Lipinski definition) is 1. The van der Waals surface area contributed by atoms with Gasteiger partial charge in [-0.1, -0.05) is 83.0 Å². The number of hydrogen-bond acceptors (Lipinski definition) is 5. The Labute approximate surface area is 185 Å². The van der Waals surface area contributed by atoms with E-state index in [9.17, 15) is 14.4 Å². The Kier molecular flexibility index (Phi) is 12.4. The molecule has 0 spiro atoms. The van der Waals surface area contributed by atoms with Crippen LogP contribution in [0.2, 0.25) is 0 Å². The Bertz CT molecular complexity index is 672. The van der Waals surface area contributed by atoms with Crippen LogP contribution < -0.4 is 5.32 Å². The van der Waals surface area contributed by atoms with E-state index in [1.54, 1.807) is 0 Å². The third kappa shape index (κ3) is 10.3. The fourth-order valence-corrected chi connectivity index (χ4v) is 3.99. The van der Waals surface area contributed by atoms with Crippen LogP contribution in [0.1, 0.15) is 77.3 Å². The van der Waals surface area contributed by atoms with Crippen LogP contribution in [0.4, 0.5) is 0 Å². The minimum atomic E-state index is -0.816. The highest BCUT2D eigenvalue weighted by molar-refractivity contribution is 8.13. The molecule has 1 N–H and O–H groups in total.